The van der Waals surface area contributed by atoms with Crippen molar-refractivity contribution in [1.82, 2.24) is 4.90 Å². The molecule has 1 fully saturated rings. The summed E-state index contributed by atoms with van der Waals surface area (Å²) in [6.45, 7) is 2.88. The van der Waals surface area contributed by atoms with Gasteiger partial charge in [0.1, 0.15) is 0 Å². The van der Waals surface area contributed by atoms with Crippen molar-refractivity contribution >= 4 is 33.2 Å². The van der Waals surface area contributed by atoms with Gasteiger partial charge in [-0.2, -0.15) is 11.3 Å². The lowest BCUT2D eigenvalue weighted by atomic mass is 10.1. The molecule has 0 saturated carbocycles. The fraction of sp³-hybridized carbons (Fsp3) is 0.312. The molecule has 1 aliphatic heterocycles. The fourth-order valence-electron chi connectivity index (χ4n) is 2.77. The molecule has 2 aromatic rings. The minimum absolute atomic E-state index is 0.130. The summed E-state index contributed by atoms with van der Waals surface area (Å²) in [5.41, 5.74) is 3.19. The van der Waals surface area contributed by atoms with Crippen molar-refractivity contribution in [1.29, 1.82) is 0 Å². The number of nitrogens with zero attached hydrogens (tertiary/aromatic N) is 1. The van der Waals surface area contributed by atoms with Crippen LogP contribution in [0.25, 0.3) is 0 Å². The monoisotopic (exact) mass is 349 g/mol. The van der Waals surface area contributed by atoms with Gasteiger partial charge in [0.2, 0.25) is 0 Å². The lowest BCUT2D eigenvalue weighted by molar-refractivity contribution is 0.0735. The second kappa shape index (κ2) is 5.70. The van der Waals surface area contributed by atoms with Crippen LogP contribution in [0.3, 0.4) is 0 Å². The second-order valence-electron chi connectivity index (χ2n) is 5.20. The van der Waals surface area contributed by atoms with E-state index in [0.29, 0.717) is 0 Å². The van der Waals surface area contributed by atoms with Gasteiger partial charge in [-0.1, -0.05) is 6.07 Å². The van der Waals surface area contributed by atoms with Crippen molar-refractivity contribution in [2.24, 2.45) is 0 Å². The topological polar surface area (TPSA) is 20.3 Å². The quantitative estimate of drug-likeness (QED) is 0.762. The Labute approximate surface area is 131 Å². The number of thiophene rings is 1. The van der Waals surface area contributed by atoms with Crippen LogP contribution in [0.4, 0.5) is 0 Å². The molecule has 20 heavy (non-hydrogen) atoms. The van der Waals surface area contributed by atoms with E-state index >= 15 is 0 Å². The highest BCUT2D eigenvalue weighted by molar-refractivity contribution is 9.10. The summed E-state index contributed by atoms with van der Waals surface area (Å²) >= 11 is 5.21. The van der Waals surface area contributed by atoms with Crippen molar-refractivity contribution in [2.75, 3.05) is 6.54 Å². The van der Waals surface area contributed by atoms with Crippen molar-refractivity contribution in [3.05, 3.63) is 56.2 Å². The maximum absolute atomic E-state index is 12.8. The number of benzene rings is 1. The van der Waals surface area contributed by atoms with Crippen LogP contribution >= 0.6 is 27.3 Å². The molecule has 1 aromatic heterocycles. The summed E-state index contributed by atoms with van der Waals surface area (Å²) < 4.78 is 0.887. The number of carbonyl (C=O) groups excluding carboxylic acids is 1. The summed E-state index contributed by atoms with van der Waals surface area (Å²) in [6.07, 6.45) is 2.14. The molecule has 1 unspecified atom stereocenters. The molecule has 2 nitrogen and oxygen atoms in total. The van der Waals surface area contributed by atoms with E-state index < -0.39 is 0 Å². The van der Waals surface area contributed by atoms with E-state index in [1.807, 2.05) is 30.0 Å². The number of hydrogen-bond acceptors (Lipinski definition) is 2. The van der Waals surface area contributed by atoms with Crippen LogP contribution in [0, 0.1) is 6.92 Å². The van der Waals surface area contributed by atoms with E-state index in [4.69, 9.17) is 0 Å². The SMILES string of the molecule is Cc1ccc(C(=O)N2CCCC2c2ccsc2)c(Br)c1. The summed E-state index contributed by atoms with van der Waals surface area (Å²) in [5.74, 6) is 0.130. The van der Waals surface area contributed by atoms with Gasteiger partial charge >= 0.3 is 0 Å². The molecule has 0 radical (unpaired) electrons. The first-order valence-electron chi connectivity index (χ1n) is 6.76. The average Bonchev–Trinajstić information content (AvgIpc) is 3.09. The summed E-state index contributed by atoms with van der Waals surface area (Å²) in [7, 11) is 0. The Morgan fingerprint density at radius 1 is 1.40 bits per heavy atom. The molecule has 2 heterocycles. The molecule has 0 N–H and O–H groups in total. The standard InChI is InChI=1S/C16H16BrNOS/c1-11-4-5-13(14(17)9-11)16(19)18-7-2-3-15(18)12-6-8-20-10-12/h4-6,8-10,15H,2-3,7H2,1H3. The number of likely N-dealkylation sites (tertiary alicyclic amines) is 1. The van der Waals surface area contributed by atoms with Crippen molar-refractivity contribution in [3.63, 3.8) is 0 Å². The van der Waals surface area contributed by atoms with Gasteiger partial charge < -0.3 is 4.90 Å². The molecule has 0 bridgehead atoms. The first kappa shape index (κ1) is 13.8. The Kier molecular flexibility index (Phi) is 3.94. The van der Waals surface area contributed by atoms with Gasteiger partial charge in [0.25, 0.3) is 5.91 Å². The number of rotatable bonds is 2. The minimum atomic E-state index is 0.130. The number of halogens is 1. The molecule has 0 spiro atoms. The second-order valence-corrected chi connectivity index (χ2v) is 6.83. The lowest BCUT2D eigenvalue weighted by Gasteiger charge is -2.25. The lowest BCUT2D eigenvalue weighted by Crippen LogP contribution is -2.30. The zero-order valence-corrected chi connectivity index (χ0v) is 13.7. The maximum atomic E-state index is 12.8. The highest BCUT2D eigenvalue weighted by Gasteiger charge is 2.31. The fourth-order valence-corrected chi connectivity index (χ4v) is 4.14. The highest BCUT2D eigenvalue weighted by atomic mass is 79.9. The third-order valence-corrected chi connectivity index (χ3v) is 5.15. The third-order valence-electron chi connectivity index (χ3n) is 3.80. The van der Waals surface area contributed by atoms with Gasteiger partial charge in [-0.3, -0.25) is 4.79 Å². The molecule has 1 aromatic carbocycles. The summed E-state index contributed by atoms with van der Waals surface area (Å²) in [5, 5.41) is 4.23. The predicted molar refractivity (Wildman–Crippen MR) is 86.2 cm³/mol. The van der Waals surface area contributed by atoms with Crippen LogP contribution in [0.2, 0.25) is 0 Å². The molecular weight excluding hydrogens is 334 g/mol. The van der Waals surface area contributed by atoms with Crippen molar-refractivity contribution in [2.45, 2.75) is 25.8 Å². The molecule has 0 aliphatic carbocycles. The van der Waals surface area contributed by atoms with Crippen LogP contribution in [0.5, 0.6) is 0 Å². The molecule has 3 rings (SSSR count). The number of aryl methyl sites for hydroxylation is 1. The van der Waals surface area contributed by atoms with Gasteiger partial charge in [-0.25, -0.2) is 0 Å². The van der Waals surface area contributed by atoms with E-state index in [-0.39, 0.29) is 11.9 Å². The Morgan fingerprint density at radius 2 is 2.25 bits per heavy atom. The average molecular weight is 350 g/mol. The Hall–Kier alpha value is -1.13. The molecule has 1 saturated heterocycles. The van der Waals surface area contributed by atoms with E-state index in [9.17, 15) is 4.79 Å². The minimum Gasteiger partial charge on any atom is -0.332 e. The Morgan fingerprint density at radius 3 is 2.95 bits per heavy atom. The zero-order valence-electron chi connectivity index (χ0n) is 11.3. The number of carbonyl (C=O) groups is 1. The molecular formula is C16H16BrNOS. The van der Waals surface area contributed by atoms with Crippen LogP contribution in [0.1, 0.15) is 40.4 Å². The molecule has 1 amide bonds. The largest absolute Gasteiger partial charge is 0.332 e. The zero-order chi connectivity index (χ0) is 14.1. The van der Waals surface area contributed by atoms with Gasteiger partial charge in [-0.15, -0.1) is 0 Å². The van der Waals surface area contributed by atoms with Gasteiger partial charge in [-0.05, 0) is 75.8 Å². The Balaban J connectivity index is 1.89. The first-order chi connectivity index (χ1) is 9.66. The van der Waals surface area contributed by atoms with E-state index in [1.54, 1.807) is 11.3 Å². The Bertz CT molecular complexity index is 623. The van der Waals surface area contributed by atoms with Crippen molar-refractivity contribution < 1.29 is 4.79 Å². The van der Waals surface area contributed by atoms with Gasteiger partial charge in [0, 0.05) is 11.0 Å². The molecule has 1 atom stereocenters. The van der Waals surface area contributed by atoms with E-state index in [1.165, 1.54) is 5.56 Å². The van der Waals surface area contributed by atoms with Crippen LogP contribution < -0.4 is 0 Å². The van der Waals surface area contributed by atoms with Crippen LogP contribution in [-0.2, 0) is 0 Å². The third kappa shape index (κ3) is 2.54. The number of amides is 1. The predicted octanol–water partition coefficient (Wildman–Crippen LogP) is 4.80. The van der Waals surface area contributed by atoms with E-state index in [0.717, 1.165) is 35.0 Å². The summed E-state index contributed by atoms with van der Waals surface area (Å²) in [4.78, 5) is 14.8. The molecule has 1 aliphatic rings. The van der Waals surface area contributed by atoms with Crippen molar-refractivity contribution in [3.8, 4) is 0 Å². The highest BCUT2D eigenvalue weighted by Crippen LogP contribution is 2.35. The van der Waals surface area contributed by atoms with E-state index in [2.05, 4.69) is 32.8 Å². The van der Waals surface area contributed by atoms with Gasteiger partial charge in [0.15, 0.2) is 0 Å². The van der Waals surface area contributed by atoms with Crippen LogP contribution in [0.15, 0.2) is 39.5 Å². The smallest absolute Gasteiger partial charge is 0.255 e. The molecule has 4 heteroatoms. The maximum Gasteiger partial charge on any atom is 0.255 e. The first-order valence-corrected chi connectivity index (χ1v) is 8.49. The van der Waals surface area contributed by atoms with Gasteiger partial charge in [0.05, 0.1) is 11.6 Å². The van der Waals surface area contributed by atoms with Crippen LogP contribution in [-0.4, -0.2) is 17.4 Å². The number of hydrogen-bond donors (Lipinski definition) is 0. The molecule has 104 valence electrons. The summed E-state index contributed by atoms with van der Waals surface area (Å²) in [6, 6.07) is 8.29. The normalized spacial score (nSPS) is 18.5.